The molecular formula is C20H31N3. The van der Waals surface area contributed by atoms with Crippen molar-refractivity contribution in [2.24, 2.45) is 11.5 Å². The summed E-state index contributed by atoms with van der Waals surface area (Å²) in [4.78, 5) is 2.42. The van der Waals surface area contributed by atoms with Gasteiger partial charge in [0.2, 0.25) is 0 Å². The Hall–Kier alpha value is -2.00. The minimum absolute atomic E-state index is 0.0561. The molecule has 23 heavy (non-hydrogen) atoms. The molecule has 1 heterocycles. The second-order valence-corrected chi connectivity index (χ2v) is 5.87. The molecule has 0 aromatic rings. The van der Waals surface area contributed by atoms with Crippen LogP contribution in [0.3, 0.4) is 0 Å². The summed E-state index contributed by atoms with van der Waals surface area (Å²) < 4.78 is 0. The highest BCUT2D eigenvalue weighted by atomic mass is 15.2. The van der Waals surface area contributed by atoms with Gasteiger partial charge in [-0.3, -0.25) is 0 Å². The Kier molecular flexibility index (Phi) is 7.63. The zero-order chi connectivity index (χ0) is 17.4. The summed E-state index contributed by atoms with van der Waals surface area (Å²) in [6, 6.07) is 0.355. The first-order chi connectivity index (χ1) is 11.0. The van der Waals surface area contributed by atoms with Gasteiger partial charge >= 0.3 is 0 Å². The molecule has 0 saturated carbocycles. The lowest BCUT2D eigenvalue weighted by Crippen LogP contribution is -2.27. The zero-order valence-electron chi connectivity index (χ0n) is 14.9. The smallest absolute Gasteiger partial charge is 0.0521 e. The molecule has 0 aliphatic carbocycles. The van der Waals surface area contributed by atoms with Crippen LogP contribution < -0.4 is 11.5 Å². The van der Waals surface area contributed by atoms with Crippen LogP contribution in [0.1, 0.15) is 34.1 Å². The first-order valence-electron chi connectivity index (χ1n) is 8.33. The molecule has 1 fully saturated rings. The van der Waals surface area contributed by atoms with E-state index in [1.165, 1.54) is 16.8 Å². The monoisotopic (exact) mass is 313 g/mol. The number of likely N-dealkylation sites (tertiary alicyclic amines) is 1. The summed E-state index contributed by atoms with van der Waals surface area (Å²) in [7, 11) is 0. The van der Waals surface area contributed by atoms with Crippen molar-refractivity contribution in [1.82, 2.24) is 4.90 Å². The summed E-state index contributed by atoms with van der Waals surface area (Å²) in [5.74, 6) is 0. The first kappa shape index (κ1) is 19.0. The van der Waals surface area contributed by atoms with E-state index in [-0.39, 0.29) is 6.04 Å². The average Bonchev–Trinajstić information content (AvgIpc) is 2.72. The lowest BCUT2D eigenvalue weighted by molar-refractivity contribution is 0.333. The van der Waals surface area contributed by atoms with E-state index in [2.05, 4.69) is 50.5 Å². The van der Waals surface area contributed by atoms with Crippen LogP contribution in [0.15, 0.2) is 71.7 Å². The van der Waals surface area contributed by atoms with E-state index in [9.17, 15) is 0 Å². The Morgan fingerprint density at radius 1 is 1.43 bits per heavy atom. The molecule has 1 rings (SSSR count). The molecule has 4 N–H and O–H groups in total. The first-order valence-corrected chi connectivity index (χ1v) is 8.33. The number of allylic oxidation sites excluding steroid dienone is 7. The lowest BCUT2D eigenvalue weighted by Gasteiger charge is -2.24. The maximum absolute atomic E-state index is 6.07. The van der Waals surface area contributed by atoms with Crippen molar-refractivity contribution in [3.8, 4) is 0 Å². The molecule has 2 atom stereocenters. The second-order valence-electron chi connectivity index (χ2n) is 5.87. The summed E-state index contributed by atoms with van der Waals surface area (Å²) in [5, 5.41) is 0. The van der Waals surface area contributed by atoms with E-state index in [1.807, 2.05) is 25.2 Å². The molecule has 2 unspecified atom stereocenters. The fraction of sp³-hybridized carbons (Fsp3) is 0.400. The summed E-state index contributed by atoms with van der Waals surface area (Å²) in [6.07, 6.45) is 15.1. The van der Waals surface area contributed by atoms with Gasteiger partial charge in [-0.05, 0) is 56.6 Å². The molecule has 1 aliphatic heterocycles. The molecule has 1 saturated heterocycles. The summed E-state index contributed by atoms with van der Waals surface area (Å²) >= 11 is 0. The molecule has 0 aromatic carbocycles. The third kappa shape index (κ3) is 5.00. The van der Waals surface area contributed by atoms with Crippen molar-refractivity contribution in [3.05, 3.63) is 71.7 Å². The Balaban J connectivity index is 3.32. The van der Waals surface area contributed by atoms with Crippen LogP contribution in [0, 0.1) is 0 Å². The molecule has 126 valence electrons. The van der Waals surface area contributed by atoms with Gasteiger partial charge in [-0.25, -0.2) is 0 Å². The van der Waals surface area contributed by atoms with Crippen molar-refractivity contribution >= 4 is 0 Å². The molecule has 0 aromatic heterocycles. The van der Waals surface area contributed by atoms with Crippen molar-refractivity contribution < 1.29 is 0 Å². The fourth-order valence-corrected chi connectivity index (χ4v) is 2.84. The Labute approximate surface area is 141 Å². The number of nitrogens with two attached hydrogens (primary N) is 2. The molecule has 3 nitrogen and oxygen atoms in total. The molecule has 0 spiro atoms. The highest BCUT2D eigenvalue weighted by molar-refractivity contribution is 5.56. The van der Waals surface area contributed by atoms with E-state index in [0.29, 0.717) is 6.04 Å². The van der Waals surface area contributed by atoms with Crippen molar-refractivity contribution in [2.75, 3.05) is 6.54 Å². The molecule has 1 aliphatic rings. The molecule has 0 amide bonds. The van der Waals surface area contributed by atoms with Crippen LogP contribution >= 0.6 is 0 Å². The van der Waals surface area contributed by atoms with Crippen LogP contribution in [0.2, 0.25) is 0 Å². The third-order valence-electron chi connectivity index (χ3n) is 3.87. The van der Waals surface area contributed by atoms with Crippen LogP contribution in [0.4, 0.5) is 0 Å². The Morgan fingerprint density at radius 3 is 2.65 bits per heavy atom. The van der Waals surface area contributed by atoms with Gasteiger partial charge < -0.3 is 16.4 Å². The SMILES string of the molecule is C=C\C=C(N)/C=C1C(=C/C)/C(=C\C=C\C(C)N)N(CCC)C/1C. The highest BCUT2D eigenvalue weighted by Crippen LogP contribution is 2.37. The van der Waals surface area contributed by atoms with Gasteiger partial charge in [-0.2, -0.15) is 0 Å². The minimum atomic E-state index is 0.0561. The topological polar surface area (TPSA) is 55.3 Å². The van der Waals surface area contributed by atoms with Crippen LogP contribution in [-0.2, 0) is 0 Å². The number of hydrogen-bond acceptors (Lipinski definition) is 3. The van der Waals surface area contributed by atoms with Gasteiger partial charge in [0.1, 0.15) is 0 Å². The van der Waals surface area contributed by atoms with Crippen molar-refractivity contribution in [1.29, 1.82) is 0 Å². The van der Waals surface area contributed by atoms with E-state index in [1.54, 1.807) is 6.08 Å². The van der Waals surface area contributed by atoms with Crippen molar-refractivity contribution in [3.63, 3.8) is 0 Å². The molecule has 0 bridgehead atoms. The third-order valence-corrected chi connectivity index (χ3v) is 3.87. The highest BCUT2D eigenvalue weighted by Gasteiger charge is 2.32. The molecular weight excluding hydrogens is 282 g/mol. The maximum atomic E-state index is 6.07. The maximum Gasteiger partial charge on any atom is 0.0521 e. The van der Waals surface area contributed by atoms with Gasteiger partial charge in [0, 0.05) is 24.0 Å². The van der Waals surface area contributed by atoms with E-state index in [0.717, 1.165) is 18.7 Å². The van der Waals surface area contributed by atoms with Crippen LogP contribution in [0.25, 0.3) is 0 Å². The lowest BCUT2D eigenvalue weighted by atomic mass is 10.0. The van der Waals surface area contributed by atoms with Gasteiger partial charge in [-0.1, -0.05) is 37.8 Å². The fourth-order valence-electron chi connectivity index (χ4n) is 2.84. The van der Waals surface area contributed by atoms with Gasteiger partial charge in [0.25, 0.3) is 0 Å². The number of rotatable bonds is 6. The quantitative estimate of drug-likeness (QED) is 0.734. The zero-order valence-corrected chi connectivity index (χ0v) is 14.9. The molecule has 0 radical (unpaired) electrons. The summed E-state index contributed by atoms with van der Waals surface area (Å²) in [5.41, 5.74) is 16.3. The second kappa shape index (κ2) is 9.21. The van der Waals surface area contributed by atoms with Crippen molar-refractivity contribution in [2.45, 2.75) is 46.2 Å². The minimum Gasteiger partial charge on any atom is -0.399 e. The predicted octanol–water partition coefficient (Wildman–Crippen LogP) is 3.79. The van der Waals surface area contributed by atoms with E-state index >= 15 is 0 Å². The Morgan fingerprint density at radius 2 is 2.13 bits per heavy atom. The Bertz CT molecular complexity index is 559. The largest absolute Gasteiger partial charge is 0.399 e. The molecule has 3 heteroatoms. The van der Waals surface area contributed by atoms with Gasteiger partial charge in [0.05, 0.1) is 6.04 Å². The average molecular weight is 313 g/mol. The van der Waals surface area contributed by atoms with Gasteiger partial charge in [-0.15, -0.1) is 0 Å². The van der Waals surface area contributed by atoms with Gasteiger partial charge in [0.15, 0.2) is 0 Å². The standard InChI is InChI=1S/C20H31N3/c1-6-10-17(22)14-19-16(5)23(13-7-2)20(18(19)8-3)12-9-11-15(4)21/h6,8-12,14-16H,1,7,13,21-22H2,2-5H3/b11-9+,17-10+,18-8-,19-14+,20-12+. The van der Waals surface area contributed by atoms with Crippen LogP contribution in [0.5, 0.6) is 0 Å². The van der Waals surface area contributed by atoms with E-state index < -0.39 is 0 Å². The predicted molar refractivity (Wildman–Crippen MR) is 102 cm³/mol. The number of hydrogen-bond donors (Lipinski definition) is 2. The number of nitrogens with zero attached hydrogens (tertiary/aromatic N) is 1. The van der Waals surface area contributed by atoms with Crippen LogP contribution in [-0.4, -0.2) is 23.5 Å². The van der Waals surface area contributed by atoms with E-state index in [4.69, 9.17) is 11.5 Å². The summed E-state index contributed by atoms with van der Waals surface area (Å²) in [6.45, 7) is 13.2. The normalized spacial score (nSPS) is 26.0.